The van der Waals surface area contributed by atoms with E-state index in [9.17, 15) is 27.5 Å². The van der Waals surface area contributed by atoms with Gasteiger partial charge in [-0.05, 0) is 61.0 Å². The summed E-state index contributed by atoms with van der Waals surface area (Å²) in [5.41, 5.74) is -3.23. The Morgan fingerprint density at radius 2 is 1.86 bits per heavy atom. The predicted octanol–water partition coefficient (Wildman–Crippen LogP) is 6.51. The van der Waals surface area contributed by atoms with Gasteiger partial charge in [-0.25, -0.2) is 9.37 Å². The number of methoxy groups -OCH3 is 1. The molecule has 0 aliphatic rings. The fourth-order valence-corrected chi connectivity index (χ4v) is 3.98. The zero-order valence-corrected chi connectivity index (χ0v) is 19.6. The van der Waals surface area contributed by atoms with E-state index in [0.29, 0.717) is 10.9 Å². The van der Waals surface area contributed by atoms with Gasteiger partial charge < -0.3 is 9.84 Å². The molecule has 4 aromatic rings. The molecule has 5 nitrogen and oxygen atoms in total. The summed E-state index contributed by atoms with van der Waals surface area (Å²) in [7, 11) is 1.29. The van der Waals surface area contributed by atoms with Gasteiger partial charge in [0, 0.05) is 29.1 Å². The molecular formula is C26H19ClF4N2O3. The van der Waals surface area contributed by atoms with Gasteiger partial charge in [0.1, 0.15) is 17.3 Å². The number of alkyl halides is 3. The Hall–Kier alpha value is -3.56. The van der Waals surface area contributed by atoms with Crippen molar-refractivity contribution in [3.63, 3.8) is 0 Å². The third kappa shape index (κ3) is 4.89. The standard InChI is InChI=1S/C26H19ClF4N2O3/c1-36-22-8-9-23(33-24(22)17-4-6-19(28)18(27)14-17)25(35,26(29,30)31)11-10-21(34)16-5-7-20-15(13-16)3-2-12-32-20/h2-9,12-14,35H,10-11H2,1H3. The molecule has 0 amide bonds. The summed E-state index contributed by atoms with van der Waals surface area (Å²) in [6, 6.07) is 13.7. The first-order chi connectivity index (χ1) is 17.0. The number of Topliss-reactive ketones (excluding diaryl/α,β-unsaturated/α-hetero) is 1. The molecule has 0 bridgehead atoms. The summed E-state index contributed by atoms with van der Waals surface area (Å²) in [4.78, 5) is 20.9. The smallest absolute Gasteiger partial charge is 0.422 e. The van der Waals surface area contributed by atoms with Crippen molar-refractivity contribution in [1.29, 1.82) is 0 Å². The molecule has 0 radical (unpaired) electrons. The van der Waals surface area contributed by atoms with E-state index in [1.54, 1.807) is 30.5 Å². The molecular weight excluding hydrogens is 500 g/mol. The third-order valence-corrected chi connectivity index (χ3v) is 6.09. The number of fused-ring (bicyclic) bond motifs is 1. The predicted molar refractivity (Wildman–Crippen MR) is 126 cm³/mol. The molecule has 0 spiro atoms. The van der Waals surface area contributed by atoms with Gasteiger partial charge in [0.25, 0.3) is 0 Å². The minimum atomic E-state index is -5.15. The average Bonchev–Trinajstić information content (AvgIpc) is 2.87. The molecule has 2 aromatic heterocycles. The summed E-state index contributed by atoms with van der Waals surface area (Å²) in [6.45, 7) is 0. The summed E-state index contributed by atoms with van der Waals surface area (Å²) in [5, 5.41) is 11.2. The van der Waals surface area contributed by atoms with E-state index >= 15 is 0 Å². The number of pyridine rings is 2. The fraction of sp³-hybridized carbons (Fsp3) is 0.192. The first-order valence-electron chi connectivity index (χ1n) is 10.7. The Balaban J connectivity index is 1.68. The number of aliphatic hydroxyl groups is 1. The number of carbonyl (C=O) groups is 1. The Morgan fingerprint density at radius 3 is 2.56 bits per heavy atom. The average molecular weight is 519 g/mol. The second-order valence-electron chi connectivity index (χ2n) is 8.07. The highest BCUT2D eigenvalue weighted by Crippen LogP contribution is 2.43. The van der Waals surface area contributed by atoms with Crippen LogP contribution in [0.2, 0.25) is 5.02 Å². The van der Waals surface area contributed by atoms with Gasteiger partial charge in [0.15, 0.2) is 5.78 Å². The van der Waals surface area contributed by atoms with Crippen LogP contribution >= 0.6 is 11.6 Å². The lowest BCUT2D eigenvalue weighted by molar-refractivity contribution is -0.270. The Bertz CT molecular complexity index is 1440. The molecule has 1 N–H and O–H groups in total. The van der Waals surface area contributed by atoms with Crippen LogP contribution in [-0.2, 0) is 5.60 Å². The first kappa shape index (κ1) is 25.5. The molecule has 2 aromatic carbocycles. The van der Waals surface area contributed by atoms with Crippen molar-refractivity contribution in [2.45, 2.75) is 24.6 Å². The van der Waals surface area contributed by atoms with E-state index in [-0.39, 0.29) is 27.6 Å². The monoisotopic (exact) mass is 518 g/mol. The number of nitrogens with zero attached hydrogens (tertiary/aromatic N) is 2. The quantitative estimate of drug-likeness (QED) is 0.223. The van der Waals surface area contributed by atoms with Crippen LogP contribution in [0.15, 0.2) is 66.9 Å². The highest BCUT2D eigenvalue weighted by Gasteiger charge is 2.56. The van der Waals surface area contributed by atoms with Gasteiger partial charge in [-0.15, -0.1) is 0 Å². The van der Waals surface area contributed by atoms with Crippen molar-refractivity contribution < 1.29 is 32.2 Å². The molecule has 0 saturated heterocycles. The number of hydrogen-bond donors (Lipinski definition) is 1. The van der Waals surface area contributed by atoms with Crippen molar-refractivity contribution in [2.24, 2.45) is 0 Å². The third-order valence-electron chi connectivity index (χ3n) is 5.80. The van der Waals surface area contributed by atoms with E-state index in [2.05, 4.69) is 9.97 Å². The molecule has 1 atom stereocenters. The van der Waals surface area contributed by atoms with Crippen molar-refractivity contribution in [3.8, 4) is 17.0 Å². The number of carbonyl (C=O) groups excluding carboxylic acids is 1. The second kappa shape index (κ2) is 9.83. The molecule has 0 saturated carbocycles. The number of benzene rings is 2. The maximum Gasteiger partial charge on any atom is 0.422 e. The molecule has 10 heteroatoms. The summed E-state index contributed by atoms with van der Waals surface area (Å²) >= 11 is 5.83. The maximum absolute atomic E-state index is 14.2. The molecule has 0 aliphatic heterocycles. The van der Waals surface area contributed by atoms with Crippen molar-refractivity contribution >= 4 is 28.3 Å². The Labute approximate surface area is 208 Å². The largest absolute Gasteiger partial charge is 0.494 e. The number of rotatable bonds is 7. The van der Waals surface area contributed by atoms with E-state index in [4.69, 9.17) is 16.3 Å². The van der Waals surface area contributed by atoms with E-state index in [1.165, 1.54) is 31.4 Å². The van der Waals surface area contributed by atoms with Crippen molar-refractivity contribution in [3.05, 3.63) is 89.0 Å². The van der Waals surface area contributed by atoms with Crippen LogP contribution in [0.25, 0.3) is 22.2 Å². The van der Waals surface area contributed by atoms with Gasteiger partial charge in [-0.2, -0.15) is 13.2 Å². The number of hydrogen-bond acceptors (Lipinski definition) is 5. The lowest BCUT2D eigenvalue weighted by atomic mass is 9.89. The normalized spacial score (nSPS) is 13.4. The maximum atomic E-state index is 14.2. The molecule has 0 aliphatic carbocycles. The number of halogens is 5. The highest BCUT2D eigenvalue weighted by atomic mass is 35.5. The molecule has 4 rings (SSSR count). The van der Waals surface area contributed by atoms with Crippen molar-refractivity contribution in [2.75, 3.05) is 7.11 Å². The zero-order chi connectivity index (χ0) is 26.1. The summed E-state index contributed by atoms with van der Waals surface area (Å²) in [5.74, 6) is -1.21. The minimum Gasteiger partial charge on any atom is -0.494 e. The van der Waals surface area contributed by atoms with E-state index in [1.807, 2.05) is 0 Å². The van der Waals surface area contributed by atoms with Crippen LogP contribution in [0.4, 0.5) is 17.6 Å². The van der Waals surface area contributed by atoms with Gasteiger partial charge in [-0.1, -0.05) is 17.7 Å². The topological polar surface area (TPSA) is 72.3 Å². The lowest BCUT2D eigenvalue weighted by Crippen LogP contribution is -2.43. The second-order valence-corrected chi connectivity index (χ2v) is 8.48. The van der Waals surface area contributed by atoms with Crippen LogP contribution in [0, 0.1) is 5.82 Å². The van der Waals surface area contributed by atoms with Crippen LogP contribution in [0.5, 0.6) is 5.75 Å². The van der Waals surface area contributed by atoms with E-state index in [0.717, 1.165) is 12.1 Å². The van der Waals surface area contributed by atoms with Crippen LogP contribution in [0.3, 0.4) is 0 Å². The zero-order valence-electron chi connectivity index (χ0n) is 18.8. The Morgan fingerprint density at radius 1 is 1.08 bits per heavy atom. The van der Waals surface area contributed by atoms with Crippen LogP contribution < -0.4 is 4.74 Å². The van der Waals surface area contributed by atoms with Gasteiger partial charge >= 0.3 is 6.18 Å². The van der Waals surface area contributed by atoms with Gasteiger partial charge in [0.2, 0.25) is 5.60 Å². The molecule has 186 valence electrons. The van der Waals surface area contributed by atoms with Gasteiger partial charge in [-0.3, -0.25) is 9.78 Å². The molecule has 2 heterocycles. The first-order valence-corrected chi connectivity index (χ1v) is 11.1. The summed E-state index contributed by atoms with van der Waals surface area (Å²) in [6.07, 6.45) is -5.14. The highest BCUT2D eigenvalue weighted by molar-refractivity contribution is 6.31. The number of aromatic nitrogens is 2. The van der Waals surface area contributed by atoms with Crippen LogP contribution in [-0.4, -0.2) is 34.1 Å². The SMILES string of the molecule is COc1ccc(C(O)(CCC(=O)c2ccc3ncccc3c2)C(F)(F)F)nc1-c1ccc(F)c(Cl)c1. The van der Waals surface area contributed by atoms with E-state index < -0.39 is 41.9 Å². The van der Waals surface area contributed by atoms with Gasteiger partial charge in [0.05, 0.1) is 23.3 Å². The number of ketones is 1. The molecule has 0 fully saturated rings. The minimum absolute atomic E-state index is 0.0760. The van der Waals surface area contributed by atoms with Crippen molar-refractivity contribution in [1.82, 2.24) is 9.97 Å². The fourth-order valence-electron chi connectivity index (χ4n) is 3.79. The molecule has 36 heavy (non-hydrogen) atoms. The molecule has 1 unspecified atom stereocenters. The number of ether oxygens (including phenoxy) is 1. The van der Waals surface area contributed by atoms with Crippen LogP contribution in [0.1, 0.15) is 28.9 Å². The Kier molecular flexibility index (Phi) is 6.97. The summed E-state index contributed by atoms with van der Waals surface area (Å²) < 4.78 is 61.3. The lowest BCUT2D eigenvalue weighted by Gasteiger charge is -2.30.